The van der Waals surface area contributed by atoms with Crippen molar-refractivity contribution in [2.24, 2.45) is 0 Å². The highest BCUT2D eigenvalue weighted by Crippen LogP contribution is 2.35. The zero-order chi connectivity index (χ0) is 19.1. The summed E-state index contributed by atoms with van der Waals surface area (Å²) in [6.07, 6.45) is -2.67. The Balaban J connectivity index is 2.00. The molecule has 0 atom stereocenters. The van der Waals surface area contributed by atoms with Crippen molar-refractivity contribution in [3.8, 4) is 0 Å². The maximum absolute atomic E-state index is 13.3. The Morgan fingerprint density at radius 3 is 2.42 bits per heavy atom. The van der Waals surface area contributed by atoms with Gasteiger partial charge in [0.2, 0.25) is 5.91 Å². The van der Waals surface area contributed by atoms with Gasteiger partial charge >= 0.3 is 12.1 Å². The highest BCUT2D eigenvalue weighted by molar-refractivity contribution is 6.00. The minimum absolute atomic E-state index is 0.0109. The van der Waals surface area contributed by atoms with Gasteiger partial charge in [-0.15, -0.1) is 0 Å². The Labute approximate surface area is 147 Å². The van der Waals surface area contributed by atoms with Crippen molar-refractivity contribution in [2.75, 3.05) is 18.0 Å². The fourth-order valence-electron chi connectivity index (χ4n) is 3.04. The van der Waals surface area contributed by atoms with Crippen LogP contribution in [0.1, 0.15) is 41.6 Å². The minimum Gasteiger partial charge on any atom is -0.480 e. The Morgan fingerprint density at radius 2 is 1.92 bits per heavy atom. The van der Waals surface area contributed by atoms with Crippen LogP contribution < -0.4 is 4.90 Å². The molecule has 0 bridgehead atoms. The first-order chi connectivity index (χ1) is 12.2. The summed E-state index contributed by atoms with van der Waals surface area (Å²) in [5, 5.41) is 8.98. The van der Waals surface area contributed by atoms with E-state index in [1.54, 1.807) is 0 Å². The molecule has 2 amide bonds. The first-order valence-corrected chi connectivity index (χ1v) is 8.22. The van der Waals surface area contributed by atoms with E-state index in [0.29, 0.717) is 25.3 Å². The van der Waals surface area contributed by atoms with Crippen LogP contribution in [0.25, 0.3) is 0 Å². The third kappa shape index (κ3) is 3.81. The second-order valence-corrected chi connectivity index (χ2v) is 6.47. The van der Waals surface area contributed by atoms with Crippen molar-refractivity contribution in [1.29, 1.82) is 0 Å². The molecule has 2 fully saturated rings. The van der Waals surface area contributed by atoms with Crippen LogP contribution in [0.4, 0.5) is 18.9 Å². The predicted molar refractivity (Wildman–Crippen MR) is 84.7 cm³/mol. The van der Waals surface area contributed by atoms with Crippen LogP contribution in [-0.4, -0.2) is 46.9 Å². The van der Waals surface area contributed by atoms with E-state index in [0.717, 1.165) is 11.0 Å². The third-order valence-corrected chi connectivity index (χ3v) is 4.43. The molecule has 140 valence electrons. The minimum atomic E-state index is -4.69. The number of carbonyl (C=O) groups is 3. The second kappa shape index (κ2) is 6.62. The summed E-state index contributed by atoms with van der Waals surface area (Å²) in [5.74, 6) is -2.30. The van der Waals surface area contributed by atoms with Crippen LogP contribution in [0.5, 0.6) is 0 Å². The molecular formula is C17H17F3N2O4. The Kier molecular flexibility index (Phi) is 4.64. The number of nitrogens with zero attached hydrogens (tertiary/aromatic N) is 2. The van der Waals surface area contributed by atoms with E-state index in [9.17, 15) is 27.6 Å². The number of rotatable bonds is 5. The molecule has 9 heteroatoms. The Hall–Kier alpha value is -2.58. The van der Waals surface area contributed by atoms with Crippen molar-refractivity contribution in [1.82, 2.24) is 4.90 Å². The van der Waals surface area contributed by atoms with Gasteiger partial charge < -0.3 is 14.9 Å². The van der Waals surface area contributed by atoms with E-state index in [1.807, 2.05) is 0 Å². The summed E-state index contributed by atoms with van der Waals surface area (Å²) in [6.45, 7) is -0.285. The lowest BCUT2D eigenvalue weighted by Crippen LogP contribution is -2.37. The average molecular weight is 370 g/mol. The molecule has 0 unspecified atom stereocenters. The number of anilines is 1. The fourth-order valence-corrected chi connectivity index (χ4v) is 3.04. The van der Waals surface area contributed by atoms with Crippen LogP contribution >= 0.6 is 0 Å². The third-order valence-electron chi connectivity index (χ3n) is 4.43. The van der Waals surface area contributed by atoms with E-state index >= 15 is 0 Å². The molecule has 1 aliphatic heterocycles. The molecule has 26 heavy (non-hydrogen) atoms. The van der Waals surface area contributed by atoms with Gasteiger partial charge in [-0.25, -0.2) is 0 Å². The number of aliphatic carboxylic acids is 1. The molecule has 1 saturated heterocycles. The van der Waals surface area contributed by atoms with E-state index in [4.69, 9.17) is 5.11 Å². The standard InChI is InChI=1S/C17H17F3N2O4/c18-17(19,20)11-6-10(7-13(8-11)21-5-1-2-14(21)23)16(26)22(9-15(24)25)12-3-4-12/h6-8,12H,1-5,9H2,(H,24,25). The van der Waals surface area contributed by atoms with Crippen LogP contribution in [0.15, 0.2) is 18.2 Å². The fraction of sp³-hybridized carbons (Fsp3) is 0.471. The lowest BCUT2D eigenvalue weighted by atomic mass is 10.1. The van der Waals surface area contributed by atoms with Crippen molar-refractivity contribution in [3.63, 3.8) is 0 Å². The Bertz CT molecular complexity index is 759. The maximum atomic E-state index is 13.3. The molecule has 0 aromatic heterocycles. The number of amides is 2. The summed E-state index contributed by atoms with van der Waals surface area (Å²) in [7, 11) is 0. The highest BCUT2D eigenvalue weighted by atomic mass is 19.4. The summed E-state index contributed by atoms with van der Waals surface area (Å²) in [4.78, 5) is 37.9. The number of carboxylic acids is 1. The molecular weight excluding hydrogens is 353 g/mol. The lowest BCUT2D eigenvalue weighted by molar-refractivity contribution is -0.138. The number of hydrogen-bond donors (Lipinski definition) is 1. The molecule has 1 aromatic carbocycles. The molecule has 1 aliphatic carbocycles. The normalized spacial score (nSPS) is 17.5. The summed E-state index contributed by atoms with van der Waals surface area (Å²) in [5.41, 5.74) is -1.29. The topological polar surface area (TPSA) is 77.9 Å². The van der Waals surface area contributed by atoms with E-state index in [2.05, 4.69) is 0 Å². The number of halogens is 3. The predicted octanol–water partition coefficient (Wildman–Crippen LogP) is 2.52. The number of carbonyl (C=O) groups excluding carboxylic acids is 2. The van der Waals surface area contributed by atoms with E-state index in [1.165, 1.54) is 11.0 Å². The molecule has 6 nitrogen and oxygen atoms in total. The summed E-state index contributed by atoms with van der Waals surface area (Å²) < 4.78 is 39.8. The van der Waals surface area contributed by atoms with Gasteiger partial charge in [-0.2, -0.15) is 13.2 Å². The van der Waals surface area contributed by atoms with Crippen LogP contribution in [0.3, 0.4) is 0 Å². The van der Waals surface area contributed by atoms with Gasteiger partial charge in [0.05, 0.1) is 5.56 Å². The van der Waals surface area contributed by atoms with Crippen molar-refractivity contribution >= 4 is 23.5 Å². The van der Waals surface area contributed by atoms with E-state index < -0.39 is 30.2 Å². The number of carboxylic acid groups (broad SMARTS) is 1. The quantitative estimate of drug-likeness (QED) is 0.864. The average Bonchev–Trinajstić information content (AvgIpc) is 3.31. The first kappa shape index (κ1) is 18.2. The van der Waals surface area contributed by atoms with Gasteiger partial charge in [0.15, 0.2) is 0 Å². The largest absolute Gasteiger partial charge is 0.480 e. The zero-order valence-corrected chi connectivity index (χ0v) is 13.8. The van der Waals surface area contributed by atoms with Gasteiger partial charge in [-0.3, -0.25) is 14.4 Å². The molecule has 1 heterocycles. The smallest absolute Gasteiger partial charge is 0.416 e. The molecule has 0 spiro atoms. The van der Waals surface area contributed by atoms with Crippen LogP contribution in [0, 0.1) is 0 Å². The van der Waals surface area contributed by atoms with Gasteiger partial charge in [0.1, 0.15) is 6.54 Å². The number of hydrogen-bond acceptors (Lipinski definition) is 3. The number of benzene rings is 1. The molecule has 3 rings (SSSR count). The monoisotopic (exact) mass is 370 g/mol. The lowest BCUT2D eigenvalue weighted by Gasteiger charge is -2.23. The van der Waals surface area contributed by atoms with Crippen LogP contribution in [-0.2, 0) is 15.8 Å². The van der Waals surface area contributed by atoms with Crippen molar-refractivity contribution in [2.45, 2.75) is 37.9 Å². The zero-order valence-electron chi connectivity index (χ0n) is 13.8. The van der Waals surface area contributed by atoms with Crippen molar-refractivity contribution < 1.29 is 32.7 Å². The van der Waals surface area contributed by atoms with Gasteiger partial charge in [-0.1, -0.05) is 0 Å². The number of alkyl halides is 3. The second-order valence-electron chi connectivity index (χ2n) is 6.47. The van der Waals surface area contributed by atoms with Gasteiger partial charge in [0.25, 0.3) is 5.91 Å². The Morgan fingerprint density at radius 1 is 1.23 bits per heavy atom. The molecule has 1 aromatic rings. The van der Waals surface area contributed by atoms with E-state index in [-0.39, 0.29) is 36.2 Å². The first-order valence-electron chi connectivity index (χ1n) is 8.22. The molecule has 2 aliphatic rings. The molecule has 0 radical (unpaired) electrons. The molecule has 1 saturated carbocycles. The van der Waals surface area contributed by atoms with Gasteiger partial charge in [0, 0.05) is 30.3 Å². The summed E-state index contributed by atoms with van der Waals surface area (Å²) >= 11 is 0. The summed E-state index contributed by atoms with van der Waals surface area (Å²) in [6, 6.07) is 2.52. The highest BCUT2D eigenvalue weighted by Gasteiger charge is 2.37. The SMILES string of the molecule is O=C(O)CN(C(=O)c1cc(N2CCCC2=O)cc(C(F)(F)F)c1)C1CC1. The van der Waals surface area contributed by atoms with Gasteiger partial charge in [-0.05, 0) is 37.5 Å². The molecule has 1 N–H and O–H groups in total. The van der Waals surface area contributed by atoms with Crippen molar-refractivity contribution in [3.05, 3.63) is 29.3 Å². The maximum Gasteiger partial charge on any atom is 0.416 e. The van der Waals surface area contributed by atoms with Crippen LogP contribution in [0.2, 0.25) is 0 Å².